The maximum Gasteiger partial charge on any atom is 0.196 e. The average Bonchev–Trinajstić information content (AvgIpc) is 3.28. The van der Waals surface area contributed by atoms with Gasteiger partial charge in [-0.3, -0.25) is 4.79 Å². The van der Waals surface area contributed by atoms with E-state index in [-0.39, 0.29) is 5.78 Å². The Balaban J connectivity index is 1.67. The Labute approximate surface area is 168 Å². The van der Waals surface area contributed by atoms with Gasteiger partial charge < -0.3 is 9.30 Å². The van der Waals surface area contributed by atoms with Crippen LogP contribution in [0.3, 0.4) is 0 Å². The molecule has 140 valence electrons. The fraction of sp³-hybridized carbons (Fsp3) is 0.0417. The highest BCUT2D eigenvalue weighted by atomic mass is 16.5. The van der Waals surface area contributed by atoms with Crippen LogP contribution in [0.2, 0.25) is 0 Å². The van der Waals surface area contributed by atoms with Gasteiger partial charge in [0.15, 0.2) is 5.78 Å². The maximum absolute atomic E-state index is 12.9. The van der Waals surface area contributed by atoms with Crippen molar-refractivity contribution in [2.45, 2.75) is 6.54 Å². The summed E-state index contributed by atoms with van der Waals surface area (Å²) in [4.78, 5) is 17.0. The zero-order valence-electron chi connectivity index (χ0n) is 15.5. The molecule has 5 heteroatoms. The average molecular weight is 379 g/mol. The third kappa shape index (κ3) is 4.07. The highest BCUT2D eigenvalue weighted by molar-refractivity contribution is 6.10. The van der Waals surface area contributed by atoms with Crippen LogP contribution in [0.25, 0.3) is 0 Å². The van der Waals surface area contributed by atoms with Gasteiger partial charge in [0.05, 0.1) is 17.5 Å². The minimum absolute atomic E-state index is 0.130. The van der Waals surface area contributed by atoms with Gasteiger partial charge in [-0.05, 0) is 29.8 Å². The predicted octanol–water partition coefficient (Wildman–Crippen LogP) is 4.83. The lowest BCUT2D eigenvalue weighted by Gasteiger charge is -2.13. The highest BCUT2D eigenvalue weighted by Crippen LogP contribution is 2.30. The number of aromatic nitrogens is 2. The number of rotatable bonds is 6. The molecule has 4 aromatic rings. The van der Waals surface area contributed by atoms with Crippen molar-refractivity contribution in [2.24, 2.45) is 0 Å². The Bertz CT molecular complexity index is 1180. The van der Waals surface area contributed by atoms with E-state index in [0.717, 1.165) is 5.56 Å². The molecule has 0 bridgehead atoms. The summed E-state index contributed by atoms with van der Waals surface area (Å²) in [5.41, 5.74) is 2.39. The molecule has 4 rings (SSSR count). The van der Waals surface area contributed by atoms with Crippen LogP contribution in [-0.2, 0) is 6.54 Å². The lowest BCUT2D eigenvalue weighted by atomic mass is 10.0. The number of ether oxygens (including phenoxy) is 1. The van der Waals surface area contributed by atoms with Gasteiger partial charge in [-0.1, -0.05) is 48.5 Å². The van der Waals surface area contributed by atoms with Crippen molar-refractivity contribution in [3.05, 3.63) is 114 Å². The van der Waals surface area contributed by atoms with Crippen LogP contribution in [0.15, 0.2) is 91.5 Å². The zero-order chi connectivity index (χ0) is 20.1. The summed E-state index contributed by atoms with van der Waals surface area (Å²) < 4.78 is 7.99. The quantitative estimate of drug-likeness (QED) is 0.450. The van der Waals surface area contributed by atoms with Crippen LogP contribution in [0.5, 0.6) is 11.5 Å². The topological polar surface area (TPSA) is 67.9 Å². The molecular formula is C24H17N3O2. The van der Waals surface area contributed by atoms with Gasteiger partial charge in [-0.15, -0.1) is 0 Å². The van der Waals surface area contributed by atoms with Gasteiger partial charge in [0, 0.05) is 24.5 Å². The van der Waals surface area contributed by atoms with Gasteiger partial charge in [-0.25, -0.2) is 4.98 Å². The van der Waals surface area contributed by atoms with Crippen molar-refractivity contribution in [2.75, 3.05) is 0 Å². The van der Waals surface area contributed by atoms with Crippen LogP contribution in [0.1, 0.15) is 27.0 Å². The number of nitrogens with zero attached hydrogens (tertiary/aromatic N) is 3. The van der Waals surface area contributed by atoms with E-state index in [1.54, 1.807) is 55.0 Å². The standard InChI is InChI=1S/C24H17N3O2/c25-15-20-11-10-18(16-27-13-12-26-17-27)14-23(20)29-22-9-5-4-8-21(22)24(28)19-6-2-1-3-7-19/h1-14,17H,16H2. The second-order valence-corrected chi connectivity index (χ2v) is 6.47. The maximum atomic E-state index is 12.9. The van der Waals surface area contributed by atoms with E-state index in [4.69, 9.17) is 4.74 Å². The number of imidazole rings is 1. The largest absolute Gasteiger partial charge is 0.455 e. The number of benzene rings is 3. The van der Waals surface area contributed by atoms with E-state index in [2.05, 4.69) is 11.1 Å². The number of hydrogen-bond acceptors (Lipinski definition) is 4. The van der Waals surface area contributed by atoms with Crippen molar-refractivity contribution in [1.82, 2.24) is 9.55 Å². The van der Waals surface area contributed by atoms with E-state index in [0.29, 0.717) is 34.7 Å². The molecule has 0 radical (unpaired) electrons. The second kappa shape index (κ2) is 8.24. The fourth-order valence-electron chi connectivity index (χ4n) is 3.04. The van der Waals surface area contributed by atoms with E-state index >= 15 is 0 Å². The summed E-state index contributed by atoms with van der Waals surface area (Å²) >= 11 is 0. The first-order chi connectivity index (χ1) is 14.2. The lowest BCUT2D eigenvalue weighted by Crippen LogP contribution is -2.04. The summed E-state index contributed by atoms with van der Waals surface area (Å²) in [6.07, 6.45) is 5.31. The Morgan fingerprint density at radius 3 is 2.55 bits per heavy atom. The van der Waals surface area contributed by atoms with Crippen LogP contribution in [0.4, 0.5) is 0 Å². The molecule has 0 saturated heterocycles. The monoisotopic (exact) mass is 379 g/mol. The van der Waals surface area contributed by atoms with Crippen LogP contribution >= 0.6 is 0 Å². The number of nitriles is 1. The normalized spacial score (nSPS) is 10.3. The fourth-order valence-corrected chi connectivity index (χ4v) is 3.04. The molecule has 0 atom stereocenters. The molecule has 0 aliphatic rings. The molecule has 1 aromatic heterocycles. The minimum atomic E-state index is -0.130. The molecule has 0 N–H and O–H groups in total. The molecule has 0 aliphatic carbocycles. The van der Waals surface area contributed by atoms with Gasteiger partial charge in [0.25, 0.3) is 0 Å². The van der Waals surface area contributed by atoms with Gasteiger partial charge in [0.2, 0.25) is 0 Å². The van der Waals surface area contributed by atoms with Crippen LogP contribution < -0.4 is 4.74 Å². The molecule has 0 saturated carbocycles. The minimum Gasteiger partial charge on any atom is -0.455 e. The first-order valence-electron chi connectivity index (χ1n) is 9.10. The first kappa shape index (κ1) is 18.2. The molecule has 29 heavy (non-hydrogen) atoms. The molecule has 0 unspecified atom stereocenters. The molecular weight excluding hydrogens is 362 g/mol. The van der Waals surface area contributed by atoms with E-state index in [1.165, 1.54) is 0 Å². The molecule has 5 nitrogen and oxygen atoms in total. The number of carbonyl (C=O) groups excluding carboxylic acids is 1. The first-order valence-corrected chi connectivity index (χ1v) is 9.10. The van der Waals surface area contributed by atoms with Crippen molar-refractivity contribution >= 4 is 5.78 Å². The lowest BCUT2D eigenvalue weighted by molar-refractivity contribution is 0.103. The van der Waals surface area contributed by atoms with E-state index in [1.807, 2.05) is 41.1 Å². The predicted molar refractivity (Wildman–Crippen MR) is 109 cm³/mol. The van der Waals surface area contributed by atoms with Crippen molar-refractivity contribution < 1.29 is 9.53 Å². The summed E-state index contributed by atoms with van der Waals surface area (Å²) in [6.45, 7) is 0.604. The second-order valence-electron chi connectivity index (χ2n) is 6.47. The molecule has 3 aromatic carbocycles. The third-order valence-electron chi connectivity index (χ3n) is 4.48. The van der Waals surface area contributed by atoms with Crippen LogP contribution in [0, 0.1) is 11.3 Å². The van der Waals surface area contributed by atoms with Crippen molar-refractivity contribution in [3.8, 4) is 17.6 Å². The highest BCUT2D eigenvalue weighted by Gasteiger charge is 2.16. The third-order valence-corrected chi connectivity index (χ3v) is 4.48. The van der Waals surface area contributed by atoms with Gasteiger partial charge in [-0.2, -0.15) is 5.26 Å². The van der Waals surface area contributed by atoms with Crippen molar-refractivity contribution in [3.63, 3.8) is 0 Å². The molecule has 0 aliphatic heterocycles. The summed E-state index contributed by atoms with van der Waals surface area (Å²) in [6, 6.07) is 23.7. The molecule has 0 amide bonds. The zero-order valence-corrected chi connectivity index (χ0v) is 15.5. The number of carbonyl (C=O) groups is 1. The van der Waals surface area contributed by atoms with Gasteiger partial charge >= 0.3 is 0 Å². The number of hydrogen-bond donors (Lipinski definition) is 0. The van der Waals surface area contributed by atoms with Crippen molar-refractivity contribution in [1.29, 1.82) is 5.26 Å². The SMILES string of the molecule is N#Cc1ccc(Cn2ccnc2)cc1Oc1ccccc1C(=O)c1ccccc1. The van der Waals surface area contributed by atoms with Gasteiger partial charge in [0.1, 0.15) is 17.6 Å². The summed E-state index contributed by atoms with van der Waals surface area (Å²) in [5.74, 6) is 0.699. The molecule has 0 spiro atoms. The smallest absolute Gasteiger partial charge is 0.196 e. The Hall–Kier alpha value is -4.17. The molecule has 0 fully saturated rings. The summed E-state index contributed by atoms with van der Waals surface area (Å²) in [7, 11) is 0. The Morgan fingerprint density at radius 2 is 1.79 bits per heavy atom. The summed E-state index contributed by atoms with van der Waals surface area (Å²) in [5, 5.41) is 9.49. The Morgan fingerprint density at radius 1 is 1.00 bits per heavy atom. The number of ketones is 1. The molecule has 1 heterocycles. The van der Waals surface area contributed by atoms with Crippen LogP contribution in [-0.4, -0.2) is 15.3 Å². The van der Waals surface area contributed by atoms with E-state index < -0.39 is 0 Å². The Kier molecular flexibility index (Phi) is 5.17. The van der Waals surface area contributed by atoms with E-state index in [9.17, 15) is 10.1 Å². The number of para-hydroxylation sites is 1.